The van der Waals surface area contributed by atoms with Crippen molar-refractivity contribution in [2.24, 2.45) is 0 Å². The first-order valence-corrected chi connectivity index (χ1v) is 10.9. The number of para-hydroxylation sites is 1. The van der Waals surface area contributed by atoms with E-state index in [2.05, 4.69) is 0 Å². The molecule has 3 nitrogen and oxygen atoms in total. The van der Waals surface area contributed by atoms with Crippen LogP contribution in [-0.4, -0.2) is 9.13 Å². The SMILES string of the molecule is O=c1n(-c2ccccc2)c(-c2ccccc2)c(-c2ccccc2)n1-c1ccc(Cl)c(Cl)c1. The Morgan fingerprint density at radius 1 is 0.500 bits per heavy atom. The fraction of sp³-hybridized carbons (Fsp3) is 0. The lowest BCUT2D eigenvalue weighted by atomic mass is 10.0. The Morgan fingerprint density at radius 3 is 1.47 bits per heavy atom. The van der Waals surface area contributed by atoms with E-state index in [1.807, 2.05) is 97.1 Å². The molecule has 0 spiro atoms. The van der Waals surface area contributed by atoms with Gasteiger partial charge in [-0.1, -0.05) is 102 Å². The Hall–Kier alpha value is -3.53. The molecule has 5 aromatic rings. The first-order valence-electron chi connectivity index (χ1n) is 10.1. The van der Waals surface area contributed by atoms with Crippen LogP contribution < -0.4 is 5.69 Å². The maximum Gasteiger partial charge on any atom is 0.338 e. The Labute approximate surface area is 195 Å². The van der Waals surface area contributed by atoms with Crippen LogP contribution in [0.5, 0.6) is 0 Å². The lowest BCUT2D eigenvalue weighted by molar-refractivity contribution is 0.914. The van der Waals surface area contributed by atoms with E-state index < -0.39 is 0 Å². The number of rotatable bonds is 4. The van der Waals surface area contributed by atoms with Crippen LogP contribution in [0.15, 0.2) is 114 Å². The summed E-state index contributed by atoms with van der Waals surface area (Å²) >= 11 is 12.5. The molecule has 5 rings (SSSR count). The van der Waals surface area contributed by atoms with E-state index in [-0.39, 0.29) is 5.69 Å². The van der Waals surface area contributed by atoms with Crippen LogP contribution in [0.1, 0.15) is 0 Å². The summed E-state index contributed by atoms with van der Waals surface area (Å²) in [5, 5.41) is 0.833. The van der Waals surface area contributed by atoms with Crippen LogP contribution in [-0.2, 0) is 0 Å². The van der Waals surface area contributed by atoms with Gasteiger partial charge in [0.15, 0.2) is 0 Å². The quantitative estimate of drug-likeness (QED) is 0.279. The van der Waals surface area contributed by atoms with Gasteiger partial charge in [0.25, 0.3) is 0 Å². The first kappa shape index (κ1) is 20.4. The molecule has 0 aliphatic rings. The van der Waals surface area contributed by atoms with E-state index in [9.17, 15) is 4.79 Å². The summed E-state index contributed by atoms with van der Waals surface area (Å²) in [5.41, 5.74) is 4.69. The zero-order valence-corrected chi connectivity index (χ0v) is 18.5. The second-order valence-corrected chi connectivity index (χ2v) is 8.13. The van der Waals surface area contributed by atoms with Gasteiger partial charge in [-0.05, 0) is 30.3 Å². The third kappa shape index (κ3) is 3.56. The van der Waals surface area contributed by atoms with Crippen LogP contribution in [0.25, 0.3) is 33.9 Å². The molecule has 0 aliphatic heterocycles. The highest BCUT2D eigenvalue weighted by atomic mass is 35.5. The molecule has 0 aliphatic carbocycles. The molecule has 0 amide bonds. The molecular formula is C27H18Cl2N2O. The molecular weight excluding hydrogens is 439 g/mol. The summed E-state index contributed by atoms with van der Waals surface area (Å²) in [6, 6.07) is 34.7. The number of nitrogens with zero attached hydrogens (tertiary/aromatic N) is 2. The Morgan fingerprint density at radius 2 is 0.969 bits per heavy atom. The molecule has 156 valence electrons. The number of halogens is 2. The highest BCUT2D eigenvalue weighted by molar-refractivity contribution is 6.42. The van der Waals surface area contributed by atoms with E-state index in [0.717, 1.165) is 28.2 Å². The maximum atomic E-state index is 14.0. The van der Waals surface area contributed by atoms with Gasteiger partial charge in [0.05, 0.1) is 32.8 Å². The number of benzene rings is 4. The van der Waals surface area contributed by atoms with Crippen LogP contribution in [0.3, 0.4) is 0 Å². The normalized spacial score (nSPS) is 10.9. The third-order valence-electron chi connectivity index (χ3n) is 5.32. The zero-order valence-electron chi connectivity index (χ0n) is 17.0. The predicted molar refractivity (Wildman–Crippen MR) is 132 cm³/mol. The fourth-order valence-corrected chi connectivity index (χ4v) is 4.20. The molecule has 0 atom stereocenters. The second-order valence-electron chi connectivity index (χ2n) is 7.32. The van der Waals surface area contributed by atoms with E-state index in [1.165, 1.54) is 0 Å². The monoisotopic (exact) mass is 456 g/mol. The number of aromatic nitrogens is 2. The summed E-state index contributed by atoms with van der Waals surface area (Å²) in [7, 11) is 0. The third-order valence-corrected chi connectivity index (χ3v) is 6.06. The van der Waals surface area contributed by atoms with Crippen LogP contribution in [0.2, 0.25) is 10.0 Å². The van der Waals surface area contributed by atoms with Crippen molar-refractivity contribution in [2.75, 3.05) is 0 Å². The zero-order chi connectivity index (χ0) is 22.1. The lowest BCUT2D eigenvalue weighted by Gasteiger charge is -2.12. The van der Waals surface area contributed by atoms with E-state index >= 15 is 0 Å². The average molecular weight is 457 g/mol. The molecule has 0 saturated heterocycles. The summed E-state index contributed by atoms with van der Waals surface area (Å²) in [6.45, 7) is 0. The number of hydrogen-bond acceptors (Lipinski definition) is 1. The van der Waals surface area contributed by atoms with Crippen molar-refractivity contribution in [1.29, 1.82) is 0 Å². The molecule has 1 heterocycles. The van der Waals surface area contributed by atoms with Gasteiger partial charge in [-0.3, -0.25) is 9.13 Å². The second kappa shape index (κ2) is 8.54. The minimum atomic E-state index is -0.188. The van der Waals surface area contributed by atoms with Crippen molar-refractivity contribution in [3.8, 4) is 33.9 Å². The fourth-order valence-electron chi connectivity index (χ4n) is 3.91. The molecule has 0 N–H and O–H groups in total. The van der Waals surface area contributed by atoms with Gasteiger partial charge in [-0.25, -0.2) is 4.79 Å². The number of hydrogen-bond donors (Lipinski definition) is 0. The van der Waals surface area contributed by atoms with Crippen LogP contribution in [0, 0.1) is 0 Å². The van der Waals surface area contributed by atoms with Gasteiger partial charge in [0.1, 0.15) is 0 Å². The van der Waals surface area contributed by atoms with Gasteiger partial charge in [0.2, 0.25) is 0 Å². The molecule has 4 aromatic carbocycles. The molecule has 1 aromatic heterocycles. The Kier molecular flexibility index (Phi) is 5.44. The smallest absolute Gasteiger partial charge is 0.260 e. The molecule has 32 heavy (non-hydrogen) atoms. The molecule has 0 fully saturated rings. The van der Waals surface area contributed by atoms with Gasteiger partial charge in [0, 0.05) is 11.1 Å². The topological polar surface area (TPSA) is 26.9 Å². The minimum Gasteiger partial charge on any atom is -0.260 e. The van der Waals surface area contributed by atoms with Gasteiger partial charge < -0.3 is 0 Å². The van der Waals surface area contributed by atoms with E-state index in [1.54, 1.807) is 21.3 Å². The molecule has 5 heteroatoms. The predicted octanol–water partition coefficient (Wildman–Crippen LogP) is 7.27. The average Bonchev–Trinajstić information content (AvgIpc) is 3.15. The highest BCUT2D eigenvalue weighted by Gasteiger charge is 2.24. The van der Waals surface area contributed by atoms with Crippen LogP contribution >= 0.6 is 23.2 Å². The summed E-state index contributed by atoms with van der Waals surface area (Å²) in [6.07, 6.45) is 0. The lowest BCUT2D eigenvalue weighted by Crippen LogP contribution is -2.22. The summed E-state index contributed by atoms with van der Waals surface area (Å²) < 4.78 is 3.45. The van der Waals surface area contributed by atoms with Crippen LogP contribution in [0.4, 0.5) is 0 Å². The van der Waals surface area contributed by atoms with E-state index in [0.29, 0.717) is 15.7 Å². The Bertz CT molecular complexity index is 1440. The van der Waals surface area contributed by atoms with E-state index in [4.69, 9.17) is 23.2 Å². The summed E-state index contributed by atoms with van der Waals surface area (Å²) in [5.74, 6) is 0. The molecule has 0 saturated carbocycles. The molecule has 0 radical (unpaired) electrons. The maximum absolute atomic E-state index is 14.0. The van der Waals surface area contributed by atoms with Crippen molar-refractivity contribution in [3.05, 3.63) is 130 Å². The van der Waals surface area contributed by atoms with Crippen molar-refractivity contribution >= 4 is 23.2 Å². The number of imidazole rings is 1. The standard InChI is InChI=1S/C27H18Cl2N2O/c28-23-17-16-22(18-24(23)29)31-26(20-12-6-2-7-13-20)25(19-10-4-1-5-11-19)30(27(31)32)21-14-8-3-9-15-21/h1-18H. The van der Waals surface area contributed by atoms with Crippen molar-refractivity contribution in [1.82, 2.24) is 9.13 Å². The molecule has 0 unspecified atom stereocenters. The van der Waals surface area contributed by atoms with Gasteiger partial charge in [-0.15, -0.1) is 0 Å². The van der Waals surface area contributed by atoms with Crippen molar-refractivity contribution in [2.45, 2.75) is 0 Å². The van der Waals surface area contributed by atoms with Gasteiger partial charge in [-0.2, -0.15) is 0 Å². The first-order chi connectivity index (χ1) is 15.6. The van der Waals surface area contributed by atoms with Gasteiger partial charge >= 0.3 is 5.69 Å². The molecule has 0 bridgehead atoms. The Balaban J connectivity index is 1.96. The largest absolute Gasteiger partial charge is 0.338 e. The van der Waals surface area contributed by atoms with Crippen molar-refractivity contribution < 1.29 is 0 Å². The minimum absolute atomic E-state index is 0.188. The summed E-state index contributed by atoms with van der Waals surface area (Å²) in [4.78, 5) is 14.0. The van der Waals surface area contributed by atoms with Crippen molar-refractivity contribution in [3.63, 3.8) is 0 Å². The highest BCUT2D eigenvalue weighted by Crippen LogP contribution is 2.36.